The Balaban J connectivity index is 2.08. The number of nitrogens with two attached hydrogens (primary N) is 1. The number of ether oxygens (including phenoxy) is 1. The van der Waals surface area contributed by atoms with E-state index in [1.54, 1.807) is 31.4 Å². The number of amides is 2. The van der Waals surface area contributed by atoms with E-state index < -0.39 is 11.9 Å². The van der Waals surface area contributed by atoms with Gasteiger partial charge in [0, 0.05) is 12.0 Å². The third-order valence-corrected chi connectivity index (χ3v) is 4.26. The maximum Gasteiger partial charge on any atom is 0.251 e. The van der Waals surface area contributed by atoms with Crippen LogP contribution in [0.1, 0.15) is 42.3 Å². The summed E-state index contributed by atoms with van der Waals surface area (Å²) in [7, 11) is 1.59. The zero-order chi connectivity index (χ0) is 19.3. The van der Waals surface area contributed by atoms with Crippen LogP contribution in [0.25, 0.3) is 0 Å². The first-order chi connectivity index (χ1) is 12.2. The van der Waals surface area contributed by atoms with E-state index in [2.05, 4.69) is 26.1 Å². The molecule has 0 heterocycles. The first kappa shape index (κ1) is 19.5. The van der Waals surface area contributed by atoms with Crippen LogP contribution in [0.5, 0.6) is 5.75 Å². The van der Waals surface area contributed by atoms with E-state index in [-0.39, 0.29) is 11.3 Å². The van der Waals surface area contributed by atoms with E-state index in [4.69, 9.17) is 10.5 Å². The zero-order valence-electron chi connectivity index (χ0n) is 15.7. The van der Waals surface area contributed by atoms with Crippen LogP contribution in [-0.2, 0) is 16.6 Å². The molecule has 0 aliphatic rings. The van der Waals surface area contributed by atoms with Gasteiger partial charge in [0.05, 0.1) is 7.11 Å². The average molecular weight is 354 g/mol. The van der Waals surface area contributed by atoms with Crippen molar-refractivity contribution >= 4 is 11.8 Å². The molecule has 0 fully saturated rings. The van der Waals surface area contributed by atoms with Crippen LogP contribution in [0, 0.1) is 0 Å². The summed E-state index contributed by atoms with van der Waals surface area (Å²) in [6.45, 7) is 6.33. The minimum Gasteiger partial charge on any atom is -0.497 e. The molecule has 0 unspecified atom stereocenters. The molecule has 0 saturated heterocycles. The summed E-state index contributed by atoms with van der Waals surface area (Å²) in [5.74, 6) is -0.157. The molecular formula is C21H26N2O3. The highest BCUT2D eigenvalue weighted by molar-refractivity contribution is 5.97. The first-order valence-corrected chi connectivity index (χ1v) is 8.54. The third-order valence-electron chi connectivity index (χ3n) is 4.26. The molecule has 2 rings (SSSR count). The lowest BCUT2D eigenvalue weighted by Gasteiger charge is -2.19. The van der Waals surface area contributed by atoms with Crippen molar-refractivity contribution in [2.45, 2.75) is 38.6 Å². The fourth-order valence-electron chi connectivity index (χ4n) is 2.58. The summed E-state index contributed by atoms with van der Waals surface area (Å²) >= 11 is 0. The van der Waals surface area contributed by atoms with Gasteiger partial charge in [0.1, 0.15) is 11.8 Å². The molecule has 5 nitrogen and oxygen atoms in total. The number of primary amides is 1. The first-order valence-electron chi connectivity index (χ1n) is 8.54. The van der Waals surface area contributed by atoms with Gasteiger partial charge in [-0.15, -0.1) is 0 Å². The van der Waals surface area contributed by atoms with Crippen LogP contribution >= 0.6 is 0 Å². The summed E-state index contributed by atoms with van der Waals surface area (Å²) in [6, 6.07) is 13.9. The molecule has 138 valence electrons. The van der Waals surface area contributed by atoms with Crippen LogP contribution in [0.2, 0.25) is 0 Å². The van der Waals surface area contributed by atoms with Crippen LogP contribution in [-0.4, -0.2) is 25.0 Å². The molecule has 2 amide bonds. The highest BCUT2D eigenvalue weighted by atomic mass is 16.5. The summed E-state index contributed by atoms with van der Waals surface area (Å²) in [5.41, 5.74) is 8.01. The molecule has 0 spiro atoms. The maximum absolute atomic E-state index is 12.5. The number of nitrogens with one attached hydrogen (secondary N) is 1. The average Bonchev–Trinajstić information content (AvgIpc) is 2.61. The van der Waals surface area contributed by atoms with Gasteiger partial charge in [-0.25, -0.2) is 0 Å². The normalized spacial score (nSPS) is 12.3. The SMILES string of the molecule is COc1ccc(C[C@H](NC(=O)c2ccc(C(C)(C)C)cc2)C(N)=O)cc1. The minimum atomic E-state index is -0.779. The van der Waals surface area contributed by atoms with Crippen molar-refractivity contribution in [1.29, 1.82) is 0 Å². The second-order valence-corrected chi connectivity index (χ2v) is 7.31. The molecule has 26 heavy (non-hydrogen) atoms. The molecule has 2 aromatic carbocycles. The number of carbonyl (C=O) groups is 2. The Labute approximate surface area is 154 Å². The van der Waals surface area contributed by atoms with Crippen molar-refractivity contribution in [3.05, 3.63) is 65.2 Å². The molecule has 0 aliphatic heterocycles. The maximum atomic E-state index is 12.5. The van der Waals surface area contributed by atoms with Crippen molar-refractivity contribution in [2.75, 3.05) is 7.11 Å². The van der Waals surface area contributed by atoms with Crippen LogP contribution in [0.4, 0.5) is 0 Å². The largest absolute Gasteiger partial charge is 0.497 e. The second-order valence-electron chi connectivity index (χ2n) is 7.31. The highest BCUT2D eigenvalue weighted by Crippen LogP contribution is 2.22. The van der Waals surface area contributed by atoms with Gasteiger partial charge in [-0.2, -0.15) is 0 Å². The number of benzene rings is 2. The van der Waals surface area contributed by atoms with Crippen LogP contribution < -0.4 is 15.8 Å². The smallest absolute Gasteiger partial charge is 0.251 e. The Morgan fingerprint density at radius 2 is 1.62 bits per heavy atom. The Hall–Kier alpha value is -2.82. The standard InChI is InChI=1S/C21H26N2O3/c1-21(2,3)16-9-7-15(8-10-16)20(25)23-18(19(22)24)13-14-5-11-17(26-4)12-6-14/h5-12,18H,13H2,1-4H3,(H2,22,24)(H,23,25)/t18-/m0/s1. The van der Waals surface area contributed by atoms with Crippen molar-refractivity contribution in [3.63, 3.8) is 0 Å². The fourth-order valence-corrected chi connectivity index (χ4v) is 2.58. The van der Waals surface area contributed by atoms with Gasteiger partial charge < -0.3 is 15.8 Å². The molecule has 2 aromatic rings. The lowest BCUT2D eigenvalue weighted by atomic mass is 9.86. The van der Waals surface area contributed by atoms with E-state index in [9.17, 15) is 9.59 Å². The molecule has 0 aliphatic carbocycles. The topological polar surface area (TPSA) is 81.4 Å². The summed E-state index contributed by atoms with van der Waals surface area (Å²) in [4.78, 5) is 24.2. The monoisotopic (exact) mass is 354 g/mol. The van der Waals surface area contributed by atoms with Gasteiger partial charge in [0.15, 0.2) is 0 Å². The molecule has 3 N–H and O–H groups in total. The van der Waals surface area contributed by atoms with E-state index in [1.807, 2.05) is 24.3 Å². The van der Waals surface area contributed by atoms with Crippen molar-refractivity contribution in [1.82, 2.24) is 5.32 Å². The van der Waals surface area contributed by atoms with Crippen LogP contribution in [0.3, 0.4) is 0 Å². The van der Waals surface area contributed by atoms with E-state index >= 15 is 0 Å². The van der Waals surface area contributed by atoms with E-state index in [0.717, 1.165) is 16.9 Å². The lowest BCUT2D eigenvalue weighted by molar-refractivity contribution is -0.119. The van der Waals surface area contributed by atoms with Crippen molar-refractivity contribution in [3.8, 4) is 5.75 Å². The number of rotatable bonds is 6. The zero-order valence-corrected chi connectivity index (χ0v) is 15.7. The predicted molar refractivity (Wildman–Crippen MR) is 102 cm³/mol. The molecule has 1 atom stereocenters. The Morgan fingerprint density at radius 3 is 2.08 bits per heavy atom. The van der Waals surface area contributed by atoms with Crippen molar-refractivity contribution in [2.24, 2.45) is 5.73 Å². The lowest BCUT2D eigenvalue weighted by Crippen LogP contribution is -2.45. The molecule has 0 bridgehead atoms. The van der Waals surface area contributed by atoms with E-state index in [1.165, 1.54) is 0 Å². The van der Waals surface area contributed by atoms with Crippen molar-refractivity contribution < 1.29 is 14.3 Å². The second kappa shape index (κ2) is 8.04. The Morgan fingerprint density at radius 1 is 1.04 bits per heavy atom. The molecule has 0 radical (unpaired) electrons. The molecular weight excluding hydrogens is 328 g/mol. The number of methoxy groups -OCH3 is 1. The van der Waals surface area contributed by atoms with E-state index in [0.29, 0.717) is 12.0 Å². The fraction of sp³-hybridized carbons (Fsp3) is 0.333. The molecule has 0 aromatic heterocycles. The summed E-state index contributed by atoms with van der Waals surface area (Å²) in [5, 5.41) is 2.72. The van der Waals surface area contributed by atoms with Gasteiger partial charge in [-0.05, 0) is 40.8 Å². The molecule has 5 heteroatoms. The van der Waals surface area contributed by atoms with Gasteiger partial charge >= 0.3 is 0 Å². The van der Waals surface area contributed by atoms with Gasteiger partial charge in [0.2, 0.25) is 5.91 Å². The summed E-state index contributed by atoms with van der Waals surface area (Å²) in [6.07, 6.45) is 0.325. The quantitative estimate of drug-likeness (QED) is 0.837. The Kier molecular flexibility index (Phi) is 6.03. The highest BCUT2D eigenvalue weighted by Gasteiger charge is 2.20. The summed E-state index contributed by atoms with van der Waals surface area (Å²) < 4.78 is 5.12. The van der Waals surface area contributed by atoms with Gasteiger partial charge in [-0.1, -0.05) is 45.0 Å². The number of hydrogen-bond acceptors (Lipinski definition) is 3. The minimum absolute atomic E-state index is 0.0130. The van der Waals surface area contributed by atoms with Crippen LogP contribution in [0.15, 0.2) is 48.5 Å². The number of carbonyl (C=O) groups excluding carboxylic acids is 2. The molecule has 0 saturated carbocycles. The van der Waals surface area contributed by atoms with Gasteiger partial charge in [0.25, 0.3) is 5.91 Å². The number of hydrogen-bond donors (Lipinski definition) is 2. The van der Waals surface area contributed by atoms with Gasteiger partial charge in [-0.3, -0.25) is 9.59 Å². The third kappa shape index (κ3) is 5.09. The predicted octanol–water partition coefficient (Wildman–Crippen LogP) is 2.82. The Bertz CT molecular complexity index is 759.